The van der Waals surface area contributed by atoms with E-state index < -0.39 is 60.4 Å². The molecule has 0 spiro atoms. The molecular formula is C27H28F7N5O2S. The number of hydrogen-bond acceptors (Lipinski definition) is 5. The molecule has 4 rings (SSSR count). The van der Waals surface area contributed by atoms with Crippen molar-refractivity contribution in [3.63, 3.8) is 0 Å². The van der Waals surface area contributed by atoms with Crippen LogP contribution in [0.3, 0.4) is 0 Å². The molecule has 0 radical (unpaired) electrons. The monoisotopic (exact) mass is 619 g/mol. The van der Waals surface area contributed by atoms with Crippen molar-refractivity contribution in [1.29, 1.82) is 0 Å². The molecule has 0 saturated heterocycles. The van der Waals surface area contributed by atoms with Crippen LogP contribution >= 0.6 is 12.2 Å². The van der Waals surface area contributed by atoms with Crippen LogP contribution in [-0.4, -0.2) is 50.7 Å². The first-order chi connectivity index (χ1) is 19.8. The highest BCUT2D eigenvalue weighted by molar-refractivity contribution is 7.80. The number of alkyl carbamates (subject to hydrolysis) is 1. The Labute approximate surface area is 241 Å². The van der Waals surface area contributed by atoms with Gasteiger partial charge >= 0.3 is 12.3 Å². The third-order valence-electron chi connectivity index (χ3n) is 6.99. The number of carbonyl (C=O) groups is 1. The van der Waals surface area contributed by atoms with E-state index in [0.29, 0.717) is 0 Å². The van der Waals surface area contributed by atoms with Crippen molar-refractivity contribution in [3.8, 4) is 0 Å². The maximum Gasteiger partial charge on any atom is 0.408 e. The van der Waals surface area contributed by atoms with Crippen molar-refractivity contribution in [3.05, 3.63) is 65.6 Å². The van der Waals surface area contributed by atoms with Gasteiger partial charge in [0.15, 0.2) is 5.65 Å². The summed E-state index contributed by atoms with van der Waals surface area (Å²) in [4.78, 5) is 16.8. The van der Waals surface area contributed by atoms with Crippen LogP contribution in [0, 0.1) is 5.92 Å². The predicted octanol–water partition coefficient (Wildman–Crippen LogP) is 6.74. The summed E-state index contributed by atoms with van der Waals surface area (Å²) in [5.74, 6) is -4.51. The first kappa shape index (κ1) is 31.4. The van der Waals surface area contributed by atoms with E-state index in [1.165, 1.54) is 23.0 Å². The van der Waals surface area contributed by atoms with E-state index in [1.807, 2.05) is 11.4 Å². The smallest absolute Gasteiger partial charge is 0.408 e. The van der Waals surface area contributed by atoms with Crippen LogP contribution in [0.5, 0.6) is 0 Å². The predicted molar refractivity (Wildman–Crippen MR) is 142 cm³/mol. The molecule has 2 aromatic heterocycles. The van der Waals surface area contributed by atoms with Crippen molar-refractivity contribution in [1.82, 2.24) is 25.2 Å². The lowest BCUT2D eigenvalue weighted by atomic mass is 9.81. The Bertz CT molecular complexity index is 1360. The summed E-state index contributed by atoms with van der Waals surface area (Å²) in [6.07, 6.45) is -6.99. The van der Waals surface area contributed by atoms with E-state index in [1.54, 1.807) is 24.3 Å². The number of nitrogens with zero attached hydrogens (tertiary/aromatic N) is 3. The first-order valence-corrected chi connectivity index (χ1v) is 13.5. The van der Waals surface area contributed by atoms with Gasteiger partial charge < -0.3 is 15.4 Å². The van der Waals surface area contributed by atoms with Gasteiger partial charge in [0.05, 0.1) is 29.1 Å². The summed E-state index contributed by atoms with van der Waals surface area (Å²) >= 11 is 5.00. The summed E-state index contributed by atoms with van der Waals surface area (Å²) in [6, 6.07) is 9.44. The molecule has 7 nitrogen and oxygen atoms in total. The highest BCUT2D eigenvalue weighted by Gasteiger charge is 2.39. The molecule has 1 aliphatic rings. The number of carbonyl (C=O) groups excluding carboxylic acids is 1. The van der Waals surface area contributed by atoms with E-state index in [9.17, 15) is 35.5 Å². The van der Waals surface area contributed by atoms with Crippen LogP contribution in [-0.2, 0) is 11.3 Å². The summed E-state index contributed by atoms with van der Waals surface area (Å²) in [6.45, 7) is -1.51. The molecule has 2 atom stereocenters. The summed E-state index contributed by atoms with van der Waals surface area (Å²) in [5.41, 5.74) is 1.27. The van der Waals surface area contributed by atoms with Gasteiger partial charge in [-0.25, -0.2) is 31.9 Å². The molecule has 1 unspecified atom stereocenters. The molecule has 0 bridgehead atoms. The standard InChI is InChI=1S/C27H28F7N5O2S/c28-21(29)11-19(24(42)35-15-27(32,33)34)18-10-22-37-20(13-39(22)36-12-18)23(17-6-8-26(30,31)9-7-17)38-25(40)41-14-16-4-2-1-3-5-16/h1-5,10,12-13,17,19,21,23H,6-9,11,14-15H2,(H,35,42)(H,38,40)/t19?,23-/m0/s1. The lowest BCUT2D eigenvalue weighted by Crippen LogP contribution is -2.37. The summed E-state index contributed by atoms with van der Waals surface area (Å²) < 4.78 is 99.1. The van der Waals surface area contributed by atoms with Crippen LogP contribution < -0.4 is 10.6 Å². The lowest BCUT2D eigenvalue weighted by Gasteiger charge is -2.33. The minimum absolute atomic E-state index is 0.0218. The second kappa shape index (κ2) is 13.2. The fraction of sp³-hybridized carbons (Fsp3) is 0.481. The SMILES string of the molecule is O=C(N[C@H](c1cn2ncc(C(CC(F)F)C(=S)NCC(F)(F)F)cc2n1)C1CCC(F)(F)CC1)OCc1ccccc1. The largest absolute Gasteiger partial charge is 0.445 e. The van der Waals surface area contributed by atoms with Gasteiger partial charge in [-0.3, -0.25) is 0 Å². The Morgan fingerprint density at radius 3 is 2.50 bits per heavy atom. The van der Waals surface area contributed by atoms with Crippen LogP contribution in [0.25, 0.3) is 5.65 Å². The van der Waals surface area contributed by atoms with Gasteiger partial charge in [0, 0.05) is 25.2 Å². The number of ether oxygens (including phenoxy) is 1. The summed E-state index contributed by atoms with van der Waals surface area (Å²) in [7, 11) is 0. The van der Waals surface area contributed by atoms with Gasteiger partial charge in [0.2, 0.25) is 12.3 Å². The topological polar surface area (TPSA) is 80.6 Å². The van der Waals surface area contributed by atoms with Gasteiger partial charge in [-0.05, 0) is 36.0 Å². The molecule has 1 fully saturated rings. The molecule has 1 saturated carbocycles. The molecule has 228 valence electrons. The molecular weight excluding hydrogens is 591 g/mol. The Morgan fingerprint density at radius 1 is 1.17 bits per heavy atom. The minimum atomic E-state index is -4.60. The Hall–Kier alpha value is -3.49. The van der Waals surface area contributed by atoms with Crippen molar-refractivity contribution in [2.45, 2.75) is 69.2 Å². The number of benzene rings is 1. The molecule has 1 aromatic carbocycles. The van der Waals surface area contributed by atoms with Crippen LogP contribution in [0.1, 0.15) is 60.9 Å². The number of amides is 1. The number of hydrogen-bond donors (Lipinski definition) is 2. The lowest BCUT2D eigenvalue weighted by molar-refractivity contribution is -0.122. The molecule has 3 aromatic rings. The highest BCUT2D eigenvalue weighted by Crippen LogP contribution is 2.41. The average Bonchev–Trinajstić information content (AvgIpc) is 3.36. The molecule has 1 aliphatic carbocycles. The van der Waals surface area contributed by atoms with Gasteiger partial charge in [0.25, 0.3) is 0 Å². The van der Waals surface area contributed by atoms with Gasteiger partial charge in [-0.2, -0.15) is 18.3 Å². The number of imidazole rings is 1. The number of aromatic nitrogens is 3. The van der Waals surface area contributed by atoms with Crippen LogP contribution in [0.15, 0.2) is 48.8 Å². The molecule has 0 aliphatic heterocycles. The molecule has 42 heavy (non-hydrogen) atoms. The van der Waals surface area contributed by atoms with Gasteiger partial charge in [0.1, 0.15) is 13.2 Å². The zero-order valence-corrected chi connectivity index (χ0v) is 22.9. The molecule has 2 heterocycles. The fourth-order valence-electron chi connectivity index (χ4n) is 4.85. The number of fused-ring (bicyclic) bond motifs is 1. The van der Waals surface area contributed by atoms with Crippen molar-refractivity contribution in [2.75, 3.05) is 6.54 Å². The number of halogens is 7. The van der Waals surface area contributed by atoms with E-state index in [0.717, 1.165) is 5.56 Å². The van der Waals surface area contributed by atoms with Crippen LogP contribution in [0.2, 0.25) is 0 Å². The number of nitrogens with one attached hydrogen (secondary N) is 2. The second-order valence-corrected chi connectivity index (χ2v) is 10.6. The maximum atomic E-state index is 13.9. The average molecular weight is 620 g/mol. The zero-order chi connectivity index (χ0) is 30.5. The molecule has 15 heteroatoms. The van der Waals surface area contributed by atoms with Crippen molar-refractivity contribution >= 4 is 28.9 Å². The highest BCUT2D eigenvalue weighted by atomic mass is 32.1. The second-order valence-electron chi connectivity index (χ2n) is 10.1. The first-order valence-electron chi connectivity index (χ1n) is 13.1. The van der Waals surface area contributed by atoms with Gasteiger partial charge in [-0.1, -0.05) is 42.5 Å². The van der Waals surface area contributed by atoms with Crippen molar-refractivity contribution in [2.24, 2.45) is 5.92 Å². The number of thiocarbonyl (C=S) groups is 1. The molecule has 2 N–H and O–H groups in total. The Kier molecular flexibility index (Phi) is 9.89. The fourth-order valence-corrected chi connectivity index (χ4v) is 5.16. The van der Waals surface area contributed by atoms with E-state index in [4.69, 9.17) is 17.0 Å². The Balaban J connectivity index is 1.58. The van der Waals surface area contributed by atoms with E-state index in [-0.39, 0.29) is 49.2 Å². The number of alkyl halides is 7. The Morgan fingerprint density at radius 2 is 1.86 bits per heavy atom. The maximum absolute atomic E-state index is 13.9. The third-order valence-corrected chi connectivity index (χ3v) is 7.42. The van der Waals surface area contributed by atoms with Crippen LogP contribution in [0.4, 0.5) is 35.5 Å². The minimum Gasteiger partial charge on any atom is -0.445 e. The number of rotatable bonds is 10. The molecule has 1 amide bonds. The van der Waals surface area contributed by atoms with Gasteiger partial charge in [-0.15, -0.1) is 0 Å². The van der Waals surface area contributed by atoms with E-state index in [2.05, 4.69) is 15.4 Å². The zero-order valence-electron chi connectivity index (χ0n) is 22.1. The third kappa shape index (κ3) is 8.76. The van der Waals surface area contributed by atoms with Crippen molar-refractivity contribution < 1.29 is 40.3 Å². The van der Waals surface area contributed by atoms with E-state index >= 15 is 0 Å². The normalized spacial score (nSPS) is 17.1. The summed E-state index contributed by atoms with van der Waals surface area (Å²) in [5, 5.41) is 8.88. The quantitative estimate of drug-likeness (QED) is 0.193.